The molecule has 0 fully saturated rings. The summed E-state index contributed by atoms with van der Waals surface area (Å²) < 4.78 is 5.07. The highest BCUT2D eigenvalue weighted by atomic mass is 16.3. The normalized spacial score (nSPS) is 13.1. The Morgan fingerprint density at radius 1 is 1.12 bits per heavy atom. The lowest BCUT2D eigenvalue weighted by molar-refractivity contribution is -0.130. The van der Waals surface area contributed by atoms with Gasteiger partial charge in [-0.2, -0.15) is 0 Å². The number of nitrogens with two attached hydrogens (primary N) is 1. The van der Waals surface area contributed by atoms with Gasteiger partial charge in [-0.25, -0.2) is 0 Å². The number of carbonyl (C=O) groups is 3. The fourth-order valence-corrected chi connectivity index (χ4v) is 2.24. The zero-order valence-electron chi connectivity index (χ0n) is 14.3. The Balaban J connectivity index is 1.89. The molecule has 0 unspecified atom stereocenters. The predicted octanol–water partition coefficient (Wildman–Crippen LogP) is 1.01. The van der Waals surface area contributed by atoms with Crippen molar-refractivity contribution in [3.8, 4) is 0 Å². The SMILES string of the molecule is C[C@@H](NC(=O)/C=C\c1ccco1)C(=O)N[C@@H](Cc1ccccc1)C(N)=O. The largest absolute Gasteiger partial charge is 0.465 e. The quantitative estimate of drug-likeness (QED) is 0.613. The van der Waals surface area contributed by atoms with Gasteiger partial charge >= 0.3 is 0 Å². The number of nitrogens with one attached hydrogen (secondary N) is 2. The fourth-order valence-electron chi connectivity index (χ4n) is 2.24. The van der Waals surface area contributed by atoms with E-state index in [-0.39, 0.29) is 6.42 Å². The van der Waals surface area contributed by atoms with Gasteiger partial charge in [-0.1, -0.05) is 30.3 Å². The molecule has 2 rings (SSSR count). The molecule has 1 aromatic carbocycles. The average molecular weight is 355 g/mol. The molecule has 136 valence electrons. The molecule has 0 aliphatic rings. The minimum atomic E-state index is -0.858. The number of benzene rings is 1. The Kier molecular flexibility index (Phi) is 6.73. The van der Waals surface area contributed by atoms with Crippen LogP contribution in [-0.4, -0.2) is 29.8 Å². The van der Waals surface area contributed by atoms with Crippen LogP contribution in [0.1, 0.15) is 18.2 Å². The summed E-state index contributed by atoms with van der Waals surface area (Å²) in [7, 11) is 0. The summed E-state index contributed by atoms with van der Waals surface area (Å²) >= 11 is 0. The third-order valence-corrected chi connectivity index (χ3v) is 3.64. The van der Waals surface area contributed by atoms with Crippen LogP contribution in [0.3, 0.4) is 0 Å². The third kappa shape index (κ3) is 5.94. The molecule has 2 atom stereocenters. The zero-order chi connectivity index (χ0) is 18.9. The molecular formula is C19H21N3O4. The maximum atomic E-state index is 12.2. The Bertz CT molecular complexity index is 769. The number of amides is 3. The summed E-state index contributed by atoms with van der Waals surface area (Å²) in [6.45, 7) is 1.52. The van der Waals surface area contributed by atoms with Gasteiger partial charge in [0.2, 0.25) is 17.7 Å². The topological polar surface area (TPSA) is 114 Å². The molecular weight excluding hydrogens is 334 g/mol. The van der Waals surface area contributed by atoms with E-state index in [1.807, 2.05) is 30.3 Å². The van der Waals surface area contributed by atoms with Crippen LogP contribution in [0.5, 0.6) is 0 Å². The van der Waals surface area contributed by atoms with Gasteiger partial charge in [0.05, 0.1) is 6.26 Å². The molecule has 2 aromatic rings. The Morgan fingerprint density at radius 2 is 1.85 bits per heavy atom. The van der Waals surface area contributed by atoms with Crippen LogP contribution < -0.4 is 16.4 Å². The molecule has 0 aliphatic carbocycles. The van der Waals surface area contributed by atoms with E-state index in [1.165, 1.54) is 25.3 Å². The van der Waals surface area contributed by atoms with Crippen LogP contribution in [0.15, 0.2) is 59.2 Å². The van der Waals surface area contributed by atoms with E-state index < -0.39 is 29.8 Å². The molecule has 3 amide bonds. The summed E-state index contributed by atoms with van der Waals surface area (Å²) in [5.41, 5.74) is 6.24. The first-order valence-electron chi connectivity index (χ1n) is 8.11. The molecule has 7 nitrogen and oxygen atoms in total. The molecule has 26 heavy (non-hydrogen) atoms. The van der Waals surface area contributed by atoms with Crippen molar-refractivity contribution in [3.05, 3.63) is 66.1 Å². The predicted molar refractivity (Wildman–Crippen MR) is 96.6 cm³/mol. The van der Waals surface area contributed by atoms with E-state index in [9.17, 15) is 14.4 Å². The van der Waals surface area contributed by atoms with Crippen LogP contribution in [0.25, 0.3) is 6.08 Å². The standard InChI is InChI=1S/C19H21N3O4/c1-13(21-17(23)10-9-15-8-5-11-26-15)19(25)22-16(18(20)24)12-14-6-3-2-4-7-14/h2-11,13,16H,12H2,1H3,(H2,20,24)(H,21,23)(H,22,25)/b10-9-/t13-,16+/m1/s1. The minimum Gasteiger partial charge on any atom is -0.465 e. The average Bonchev–Trinajstić information content (AvgIpc) is 3.13. The second-order valence-electron chi connectivity index (χ2n) is 5.73. The highest BCUT2D eigenvalue weighted by Crippen LogP contribution is 2.04. The zero-order valence-corrected chi connectivity index (χ0v) is 14.3. The Labute approximate surface area is 151 Å². The van der Waals surface area contributed by atoms with E-state index in [2.05, 4.69) is 10.6 Å². The number of furan rings is 1. The second-order valence-corrected chi connectivity index (χ2v) is 5.73. The van der Waals surface area contributed by atoms with Crippen molar-refractivity contribution in [1.82, 2.24) is 10.6 Å². The van der Waals surface area contributed by atoms with Crippen LogP contribution in [-0.2, 0) is 20.8 Å². The highest BCUT2D eigenvalue weighted by molar-refractivity contribution is 5.96. The molecule has 0 spiro atoms. The summed E-state index contributed by atoms with van der Waals surface area (Å²) in [6.07, 6.45) is 4.52. The van der Waals surface area contributed by atoms with E-state index in [0.717, 1.165) is 5.56 Å². The fraction of sp³-hybridized carbons (Fsp3) is 0.211. The summed E-state index contributed by atoms with van der Waals surface area (Å²) in [5, 5.41) is 5.09. The van der Waals surface area contributed by atoms with Crippen LogP contribution in [0.2, 0.25) is 0 Å². The van der Waals surface area contributed by atoms with Crippen molar-refractivity contribution < 1.29 is 18.8 Å². The summed E-state index contributed by atoms with van der Waals surface area (Å²) in [4.78, 5) is 35.7. The van der Waals surface area contributed by atoms with Crippen molar-refractivity contribution in [2.45, 2.75) is 25.4 Å². The van der Waals surface area contributed by atoms with Gasteiger partial charge in [0.1, 0.15) is 17.8 Å². The molecule has 1 aromatic heterocycles. The van der Waals surface area contributed by atoms with Gasteiger partial charge in [-0.3, -0.25) is 14.4 Å². The molecule has 0 bridgehead atoms. The first-order chi connectivity index (χ1) is 12.5. The van der Waals surface area contributed by atoms with Gasteiger partial charge in [0.25, 0.3) is 0 Å². The summed E-state index contributed by atoms with van der Waals surface area (Å²) in [5.74, 6) is -1.07. The number of hydrogen-bond donors (Lipinski definition) is 3. The molecule has 0 saturated heterocycles. The molecule has 0 saturated carbocycles. The molecule has 0 aliphatic heterocycles. The van der Waals surface area contributed by atoms with Crippen molar-refractivity contribution in [1.29, 1.82) is 0 Å². The lowest BCUT2D eigenvalue weighted by Gasteiger charge is -2.19. The van der Waals surface area contributed by atoms with Crippen molar-refractivity contribution >= 4 is 23.8 Å². The number of hydrogen-bond acceptors (Lipinski definition) is 4. The molecule has 1 heterocycles. The summed E-state index contributed by atoms with van der Waals surface area (Å²) in [6, 6.07) is 10.9. The number of primary amides is 1. The van der Waals surface area contributed by atoms with Gasteiger partial charge in [-0.05, 0) is 30.7 Å². The van der Waals surface area contributed by atoms with Crippen LogP contribution in [0.4, 0.5) is 0 Å². The van der Waals surface area contributed by atoms with Gasteiger partial charge < -0.3 is 20.8 Å². The highest BCUT2D eigenvalue weighted by Gasteiger charge is 2.22. The monoisotopic (exact) mass is 355 g/mol. The Hall–Kier alpha value is -3.35. The van der Waals surface area contributed by atoms with E-state index >= 15 is 0 Å². The van der Waals surface area contributed by atoms with Crippen LogP contribution in [0, 0.1) is 0 Å². The maximum Gasteiger partial charge on any atom is 0.244 e. The first-order valence-corrected chi connectivity index (χ1v) is 8.11. The number of carbonyl (C=O) groups excluding carboxylic acids is 3. The van der Waals surface area contributed by atoms with Crippen molar-refractivity contribution in [3.63, 3.8) is 0 Å². The molecule has 0 radical (unpaired) electrons. The molecule has 4 N–H and O–H groups in total. The van der Waals surface area contributed by atoms with Crippen LogP contribution >= 0.6 is 0 Å². The second kappa shape index (κ2) is 9.22. The van der Waals surface area contributed by atoms with E-state index in [1.54, 1.807) is 12.1 Å². The third-order valence-electron chi connectivity index (χ3n) is 3.64. The van der Waals surface area contributed by atoms with Crippen molar-refractivity contribution in [2.75, 3.05) is 0 Å². The first kappa shape index (κ1) is 19.0. The van der Waals surface area contributed by atoms with Gasteiger partial charge in [0, 0.05) is 12.5 Å². The lowest BCUT2D eigenvalue weighted by atomic mass is 10.1. The van der Waals surface area contributed by atoms with Gasteiger partial charge in [0.15, 0.2) is 0 Å². The lowest BCUT2D eigenvalue weighted by Crippen LogP contribution is -2.52. The number of rotatable bonds is 8. The van der Waals surface area contributed by atoms with Gasteiger partial charge in [-0.15, -0.1) is 0 Å². The van der Waals surface area contributed by atoms with E-state index in [0.29, 0.717) is 5.76 Å². The Morgan fingerprint density at radius 3 is 2.46 bits per heavy atom. The maximum absolute atomic E-state index is 12.2. The van der Waals surface area contributed by atoms with E-state index in [4.69, 9.17) is 10.2 Å². The van der Waals surface area contributed by atoms with Crippen molar-refractivity contribution in [2.24, 2.45) is 5.73 Å². The minimum absolute atomic E-state index is 0.279. The molecule has 7 heteroatoms. The smallest absolute Gasteiger partial charge is 0.244 e.